The number of aryl methyl sites for hydroxylation is 1. The molecule has 0 heterocycles. The van der Waals surface area contributed by atoms with E-state index in [9.17, 15) is 0 Å². The monoisotopic (exact) mass is 470 g/mol. The SMILES string of the molecule is CCCCCCCC[C@H]1CC[C@H](CCC(C)CCC[SiH2]CCCCCc2ccccc2)CC1. The lowest BCUT2D eigenvalue weighted by Crippen LogP contribution is -2.15. The van der Waals surface area contributed by atoms with Crippen LogP contribution in [-0.2, 0) is 6.42 Å². The molecule has 1 fully saturated rings. The van der Waals surface area contributed by atoms with E-state index >= 15 is 0 Å². The highest BCUT2D eigenvalue weighted by molar-refractivity contribution is 6.35. The van der Waals surface area contributed by atoms with Crippen LogP contribution in [0.25, 0.3) is 0 Å². The summed E-state index contributed by atoms with van der Waals surface area (Å²) in [5, 5.41) is 0. The Balaban J connectivity index is 1.34. The molecule has 0 amide bonds. The molecule has 1 unspecified atom stereocenters. The Morgan fingerprint density at radius 2 is 1.33 bits per heavy atom. The largest absolute Gasteiger partial charge is 0.0654 e. The van der Waals surface area contributed by atoms with Gasteiger partial charge in [0.1, 0.15) is 0 Å². The molecule has 0 spiro atoms. The molecular weight excluding hydrogens is 412 g/mol. The van der Waals surface area contributed by atoms with Crippen molar-refractivity contribution in [3.63, 3.8) is 0 Å². The normalized spacial score (nSPS) is 19.9. The van der Waals surface area contributed by atoms with E-state index in [2.05, 4.69) is 44.2 Å². The molecule has 0 radical (unpaired) electrons. The van der Waals surface area contributed by atoms with E-state index in [1.807, 2.05) is 0 Å². The number of rotatable bonds is 20. The van der Waals surface area contributed by atoms with Gasteiger partial charge in [0.05, 0.1) is 0 Å². The fourth-order valence-corrected chi connectivity index (χ4v) is 7.74. The van der Waals surface area contributed by atoms with Gasteiger partial charge in [0, 0.05) is 9.52 Å². The maximum absolute atomic E-state index is 2.54. The summed E-state index contributed by atoms with van der Waals surface area (Å²) < 4.78 is 0. The first-order chi connectivity index (χ1) is 16.3. The quantitative estimate of drug-likeness (QED) is 0.131. The fraction of sp³-hybridized carbons (Fsp3) is 0.812. The number of benzene rings is 1. The van der Waals surface area contributed by atoms with E-state index in [4.69, 9.17) is 0 Å². The molecule has 1 aliphatic carbocycles. The van der Waals surface area contributed by atoms with Crippen LogP contribution in [0.5, 0.6) is 0 Å². The Morgan fingerprint density at radius 3 is 2.09 bits per heavy atom. The predicted octanol–water partition coefficient (Wildman–Crippen LogP) is 10.2. The first-order valence-electron chi connectivity index (χ1n) is 15.3. The van der Waals surface area contributed by atoms with E-state index in [1.54, 1.807) is 37.8 Å². The fourth-order valence-electron chi connectivity index (χ4n) is 6.04. The van der Waals surface area contributed by atoms with Gasteiger partial charge >= 0.3 is 0 Å². The first-order valence-corrected chi connectivity index (χ1v) is 17.3. The maximum Gasteiger partial charge on any atom is 0.0197 e. The van der Waals surface area contributed by atoms with Crippen molar-refractivity contribution < 1.29 is 0 Å². The highest BCUT2D eigenvalue weighted by Gasteiger charge is 2.21. The van der Waals surface area contributed by atoms with Gasteiger partial charge in [0.25, 0.3) is 0 Å². The second-order valence-corrected chi connectivity index (χ2v) is 13.7. The lowest BCUT2D eigenvalue weighted by molar-refractivity contribution is 0.236. The van der Waals surface area contributed by atoms with E-state index in [1.165, 1.54) is 102 Å². The Hall–Kier alpha value is -0.563. The van der Waals surface area contributed by atoms with Crippen molar-refractivity contribution in [1.82, 2.24) is 0 Å². The minimum absolute atomic E-state index is 0.225. The Kier molecular flexibility index (Phi) is 17.1. The summed E-state index contributed by atoms with van der Waals surface area (Å²) >= 11 is 0. The molecular formula is C32H58Si. The predicted molar refractivity (Wildman–Crippen MR) is 153 cm³/mol. The average molecular weight is 471 g/mol. The third kappa shape index (κ3) is 15.1. The van der Waals surface area contributed by atoms with E-state index in [0.717, 1.165) is 17.8 Å². The van der Waals surface area contributed by atoms with Gasteiger partial charge in [-0.1, -0.05) is 165 Å². The number of hydrogen-bond acceptors (Lipinski definition) is 0. The van der Waals surface area contributed by atoms with Crippen molar-refractivity contribution in [2.24, 2.45) is 17.8 Å². The summed E-state index contributed by atoms with van der Waals surface area (Å²) in [5.74, 6) is 3.12. The van der Waals surface area contributed by atoms with Crippen LogP contribution in [0.3, 0.4) is 0 Å². The van der Waals surface area contributed by atoms with Gasteiger partial charge in [0.2, 0.25) is 0 Å². The van der Waals surface area contributed by atoms with E-state index in [0.29, 0.717) is 0 Å². The molecule has 0 N–H and O–H groups in total. The van der Waals surface area contributed by atoms with Crippen LogP contribution in [0.15, 0.2) is 30.3 Å². The van der Waals surface area contributed by atoms with Gasteiger partial charge in [-0.2, -0.15) is 0 Å². The highest BCUT2D eigenvalue weighted by Crippen LogP contribution is 2.35. The van der Waals surface area contributed by atoms with E-state index < -0.39 is 0 Å². The standard InChI is InChI=1S/C32H58Si/c1-3-4-5-6-7-10-20-31-23-25-32(26-24-31)22-21-29(2)16-15-28-33-27-14-9-13-19-30-17-11-8-12-18-30/h8,11-12,17-18,29,31-32H,3-7,9-10,13-16,19-28,33H2,1-2H3/t29?,31-,32-. The topological polar surface area (TPSA) is 0 Å². The summed E-state index contributed by atoms with van der Waals surface area (Å²) in [7, 11) is 0.225. The molecule has 0 nitrogen and oxygen atoms in total. The van der Waals surface area contributed by atoms with Crippen LogP contribution >= 0.6 is 0 Å². The van der Waals surface area contributed by atoms with Crippen molar-refractivity contribution in [2.75, 3.05) is 0 Å². The van der Waals surface area contributed by atoms with Crippen LogP contribution < -0.4 is 0 Å². The summed E-state index contributed by atoms with van der Waals surface area (Å²) in [6.45, 7) is 4.85. The molecule has 1 aliphatic rings. The molecule has 33 heavy (non-hydrogen) atoms. The second kappa shape index (κ2) is 19.7. The van der Waals surface area contributed by atoms with Gasteiger partial charge in [-0.15, -0.1) is 0 Å². The lowest BCUT2D eigenvalue weighted by atomic mass is 9.77. The van der Waals surface area contributed by atoms with Gasteiger partial charge in [0.15, 0.2) is 0 Å². The molecule has 1 aromatic rings. The minimum atomic E-state index is 0.225. The summed E-state index contributed by atoms with van der Waals surface area (Å²) in [6, 6.07) is 14.2. The molecule has 0 aromatic heterocycles. The van der Waals surface area contributed by atoms with Crippen LogP contribution in [0.2, 0.25) is 12.1 Å². The molecule has 190 valence electrons. The summed E-state index contributed by atoms with van der Waals surface area (Å²) in [4.78, 5) is 0. The molecule has 1 aromatic carbocycles. The highest BCUT2D eigenvalue weighted by atomic mass is 28.2. The lowest BCUT2D eigenvalue weighted by Gasteiger charge is -2.29. The van der Waals surface area contributed by atoms with Gasteiger partial charge in [-0.25, -0.2) is 0 Å². The van der Waals surface area contributed by atoms with Crippen molar-refractivity contribution in [1.29, 1.82) is 0 Å². The van der Waals surface area contributed by atoms with Gasteiger partial charge < -0.3 is 0 Å². The van der Waals surface area contributed by atoms with Crippen molar-refractivity contribution in [3.05, 3.63) is 35.9 Å². The van der Waals surface area contributed by atoms with Crippen molar-refractivity contribution in [3.8, 4) is 0 Å². The third-order valence-corrected chi connectivity index (χ3v) is 10.5. The zero-order valence-corrected chi connectivity index (χ0v) is 24.1. The minimum Gasteiger partial charge on any atom is -0.0654 e. The Morgan fingerprint density at radius 1 is 0.697 bits per heavy atom. The van der Waals surface area contributed by atoms with Gasteiger partial charge in [-0.3, -0.25) is 0 Å². The molecule has 1 saturated carbocycles. The Labute approximate surface area is 210 Å². The number of hydrogen-bond donors (Lipinski definition) is 0. The van der Waals surface area contributed by atoms with Crippen LogP contribution in [-0.4, -0.2) is 9.52 Å². The first kappa shape index (κ1) is 28.7. The van der Waals surface area contributed by atoms with Crippen LogP contribution in [0.4, 0.5) is 0 Å². The van der Waals surface area contributed by atoms with E-state index in [-0.39, 0.29) is 9.52 Å². The summed E-state index contributed by atoms with van der Waals surface area (Å²) in [5.41, 5.74) is 1.52. The average Bonchev–Trinajstić information content (AvgIpc) is 2.85. The zero-order chi connectivity index (χ0) is 23.4. The maximum atomic E-state index is 2.54. The summed E-state index contributed by atoms with van der Waals surface area (Å²) in [6.07, 6.45) is 28.2. The van der Waals surface area contributed by atoms with Crippen molar-refractivity contribution in [2.45, 2.75) is 148 Å². The second-order valence-electron chi connectivity index (χ2n) is 11.6. The molecule has 0 saturated heterocycles. The van der Waals surface area contributed by atoms with Crippen LogP contribution in [0, 0.1) is 17.8 Å². The third-order valence-electron chi connectivity index (χ3n) is 8.51. The molecule has 2 rings (SSSR count). The molecule has 0 bridgehead atoms. The number of unbranched alkanes of at least 4 members (excludes halogenated alkanes) is 7. The van der Waals surface area contributed by atoms with Crippen LogP contribution in [0.1, 0.15) is 135 Å². The molecule has 1 atom stereocenters. The van der Waals surface area contributed by atoms with Gasteiger partial charge in [-0.05, 0) is 36.2 Å². The van der Waals surface area contributed by atoms with Crippen molar-refractivity contribution >= 4 is 9.52 Å². The molecule has 1 heteroatoms. The Bertz CT molecular complexity index is 531. The smallest absolute Gasteiger partial charge is 0.0197 e. The molecule has 0 aliphatic heterocycles. The zero-order valence-electron chi connectivity index (χ0n) is 22.7.